The zero-order chi connectivity index (χ0) is 14.2. The largest absolute Gasteiger partial charge is 0.347 e. The maximum absolute atomic E-state index is 5.39. The Kier molecular flexibility index (Phi) is 2.78. The van der Waals surface area contributed by atoms with E-state index in [9.17, 15) is 0 Å². The van der Waals surface area contributed by atoms with E-state index in [4.69, 9.17) is 4.52 Å². The van der Waals surface area contributed by atoms with Gasteiger partial charge in [0.1, 0.15) is 5.69 Å². The van der Waals surface area contributed by atoms with E-state index in [0.29, 0.717) is 11.7 Å². The van der Waals surface area contributed by atoms with E-state index in [1.54, 1.807) is 12.5 Å². The Balaban J connectivity index is 1.61. The van der Waals surface area contributed by atoms with Crippen LogP contribution in [0.2, 0.25) is 0 Å². The van der Waals surface area contributed by atoms with Crippen LogP contribution < -0.4 is 5.32 Å². The SMILES string of the molecule is Cc1ccnc(-c2noc(C3Cc4nc[nH]c4CN3)n2)c1. The minimum Gasteiger partial charge on any atom is -0.347 e. The van der Waals surface area contributed by atoms with Crippen LogP contribution in [-0.4, -0.2) is 25.1 Å². The smallest absolute Gasteiger partial charge is 0.244 e. The first kappa shape index (κ1) is 12.2. The molecule has 0 fully saturated rings. The van der Waals surface area contributed by atoms with Crippen molar-refractivity contribution < 1.29 is 4.52 Å². The molecule has 1 aliphatic heterocycles. The van der Waals surface area contributed by atoms with Gasteiger partial charge in [-0.05, 0) is 24.6 Å². The van der Waals surface area contributed by atoms with Crippen molar-refractivity contribution in [2.45, 2.75) is 25.9 Å². The van der Waals surface area contributed by atoms with Crippen LogP contribution in [0.25, 0.3) is 11.5 Å². The first-order valence-corrected chi connectivity index (χ1v) is 6.81. The van der Waals surface area contributed by atoms with Crippen molar-refractivity contribution in [2.75, 3.05) is 0 Å². The Morgan fingerprint density at radius 3 is 3.19 bits per heavy atom. The highest BCUT2D eigenvalue weighted by atomic mass is 16.5. The average molecular weight is 282 g/mol. The van der Waals surface area contributed by atoms with Crippen molar-refractivity contribution in [1.29, 1.82) is 0 Å². The number of nitrogens with zero attached hydrogens (tertiary/aromatic N) is 4. The predicted octanol–water partition coefficient (Wildman–Crippen LogP) is 1.55. The predicted molar refractivity (Wildman–Crippen MR) is 74.1 cm³/mol. The van der Waals surface area contributed by atoms with E-state index in [-0.39, 0.29) is 6.04 Å². The number of aryl methyl sites for hydroxylation is 1. The summed E-state index contributed by atoms with van der Waals surface area (Å²) in [4.78, 5) is 16.2. The van der Waals surface area contributed by atoms with Crippen molar-refractivity contribution in [2.24, 2.45) is 0 Å². The molecule has 0 amide bonds. The summed E-state index contributed by atoms with van der Waals surface area (Å²) < 4.78 is 5.39. The molecule has 3 aromatic heterocycles. The number of aromatic nitrogens is 5. The summed E-state index contributed by atoms with van der Waals surface area (Å²) in [5.41, 5.74) is 4.00. The van der Waals surface area contributed by atoms with E-state index < -0.39 is 0 Å². The maximum Gasteiger partial charge on any atom is 0.244 e. The average Bonchev–Trinajstić information content (AvgIpc) is 3.15. The lowest BCUT2D eigenvalue weighted by atomic mass is 10.1. The lowest BCUT2D eigenvalue weighted by molar-refractivity contribution is 0.319. The molecule has 0 spiro atoms. The Morgan fingerprint density at radius 1 is 1.33 bits per heavy atom. The van der Waals surface area contributed by atoms with Gasteiger partial charge < -0.3 is 9.51 Å². The molecule has 0 aromatic carbocycles. The molecular weight excluding hydrogens is 268 g/mol. The molecule has 7 heteroatoms. The summed E-state index contributed by atoms with van der Waals surface area (Å²) in [6, 6.07) is 3.87. The fourth-order valence-corrected chi connectivity index (χ4v) is 2.48. The summed E-state index contributed by atoms with van der Waals surface area (Å²) in [7, 11) is 0. The van der Waals surface area contributed by atoms with E-state index in [1.165, 1.54) is 0 Å². The molecule has 3 aromatic rings. The van der Waals surface area contributed by atoms with Crippen LogP contribution in [0.4, 0.5) is 0 Å². The van der Waals surface area contributed by atoms with Crippen LogP contribution in [0.5, 0.6) is 0 Å². The van der Waals surface area contributed by atoms with Crippen LogP contribution in [0.3, 0.4) is 0 Å². The Hall–Kier alpha value is -2.54. The van der Waals surface area contributed by atoms with Crippen molar-refractivity contribution in [1.82, 2.24) is 30.4 Å². The van der Waals surface area contributed by atoms with Crippen LogP contribution in [0, 0.1) is 6.92 Å². The van der Waals surface area contributed by atoms with Gasteiger partial charge >= 0.3 is 0 Å². The van der Waals surface area contributed by atoms with Crippen molar-refractivity contribution >= 4 is 0 Å². The molecule has 21 heavy (non-hydrogen) atoms. The monoisotopic (exact) mass is 282 g/mol. The second-order valence-corrected chi connectivity index (χ2v) is 5.14. The number of rotatable bonds is 2. The highest BCUT2D eigenvalue weighted by Crippen LogP contribution is 2.24. The number of aromatic amines is 1. The van der Waals surface area contributed by atoms with Gasteiger partial charge in [0.2, 0.25) is 11.7 Å². The molecule has 0 aliphatic carbocycles. The number of fused-ring (bicyclic) bond motifs is 1. The van der Waals surface area contributed by atoms with Gasteiger partial charge in [-0.1, -0.05) is 5.16 Å². The van der Waals surface area contributed by atoms with Crippen LogP contribution >= 0.6 is 0 Å². The lowest BCUT2D eigenvalue weighted by Gasteiger charge is -2.19. The number of H-pyrrole nitrogens is 1. The fraction of sp³-hybridized carbons (Fsp3) is 0.286. The van der Waals surface area contributed by atoms with Gasteiger partial charge in [0.15, 0.2) is 0 Å². The maximum atomic E-state index is 5.39. The molecule has 106 valence electrons. The molecule has 1 unspecified atom stereocenters. The minimum absolute atomic E-state index is 0.00754. The first-order valence-electron chi connectivity index (χ1n) is 6.81. The van der Waals surface area contributed by atoms with Gasteiger partial charge in [-0.25, -0.2) is 4.98 Å². The topological polar surface area (TPSA) is 92.5 Å². The molecule has 4 heterocycles. The molecule has 7 nitrogen and oxygen atoms in total. The Morgan fingerprint density at radius 2 is 2.29 bits per heavy atom. The zero-order valence-electron chi connectivity index (χ0n) is 11.5. The molecule has 2 N–H and O–H groups in total. The van der Waals surface area contributed by atoms with Gasteiger partial charge in [0.05, 0.1) is 23.8 Å². The summed E-state index contributed by atoms with van der Waals surface area (Å²) >= 11 is 0. The second kappa shape index (κ2) is 4.78. The molecule has 0 saturated heterocycles. The van der Waals surface area contributed by atoms with Crippen LogP contribution in [0.1, 0.15) is 28.9 Å². The number of nitrogens with one attached hydrogen (secondary N) is 2. The molecule has 0 radical (unpaired) electrons. The molecule has 1 atom stereocenters. The summed E-state index contributed by atoms with van der Waals surface area (Å²) in [6.45, 7) is 2.73. The van der Waals surface area contributed by atoms with Crippen LogP contribution in [0.15, 0.2) is 29.2 Å². The Labute approximate surface area is 120 Å². The third-order valence-corrected chi connectivity index (χ3v) is 3.61. The van der Waals surface area contributed by atoms with E-state index >= 15 is 0 Å². The van der Waals surface area contributed by atoms with Gasteiger partial charge in [-0.15, -0.1) is 0 Å². The normalized spacial score (nSPS) is 17.7. The molecule has 0 bridgehead atoms. The van der Waals surface area contributed by atoms with E-state index in [0.717, 1.165) is 35.6 Å². The van der Waals surface area contributed by atoms with Gasteiger partial charge in [0.25, 0.3) is 0 Å². The number of hydrogen-bond donors (Lipinski definition) is 2. The van der Waals surface area contributed by atoms with E-state index in [1.807, 2.05) is 19.1 Å². The highest BCUT2D eigenvalue weighted by Gasteiger charge is 2.26. The Bertz CT molecular complexity index is 777. The van der Waals surface area contributed by atoms with E-state index in [2.05, 4.69) is 30.4 Å². The van der Waals surface area contributed by atoms with Crippen molar-refractivity contribution in [3.05, 3.63) is 47.5 Å². The number of imidazole rings is 1. The summed E-state index contributed by atoms with van der Waals surface area (Å²) in [5.74, 6) is 1.09. The zero-order valence-corrected chi connectivity index (χ0v) is 11.5. The van der Waals surface area contributed by atoms with Gasteiger partial charge in [-0.2, -0.15) is 4.98 Å². The minimum atomic E-state index is -0.00754. The molecule has 0 saturated carbocycles. The highest BCUT2D eigenvalue weighted by molar-refractivity contribution is 5.49. The van der Waals surface area contributed by atoms with Crippen LogP contribution in [-0.2, 0) is 13.0 Å². The molecular formula is C14H14N6O. The fourth-order valence-electron chi connectivity index (χ4n) is 2.48. The lowest BCUT2D eigenvalue weighted by Crippen LogP contribution is -2.28. The summed E-state index contributed by atoms with van der Waals surface area (Å²) in [6.07, 6.45) is 4.20. The second-order valence-electron chi connectivity index (χ2n) is 5.14. The van der Waals surface area contributed by atoms with Gasteiger partial charge in [0, 0.05) is 19.2 Å². The number of hydrogen-bond acceptors (Lipinski definition) is 6. The molecule has 4 rings (SSSR count). The van der Waals surface area contributed by atoms with Crippen molar-refractivity contribution in [3.8, 4) is 11.5 Å². The third kappa shape index (κ3) is 2.21. The van der Waals surface area contributed by atoms with Crippen molar-refractivity contribution in [3.63, 3.8) is 0 Å². The standard InChI is InChI=1S/C14H14N6O/c1-8-2-3-15-10(4-8)13-19-14(21-20-13)11-5-9-12(6-16-11)18-7-17-9/h2-4,7,11,16H,5-6H2,1H3,(H,17,18). The van der Waals surface area contributed by atoms with Gasteiger partial charge in [-0.3, -0.25) is 10.3 Å². The number of pyridine rings is 1. The first-order chi connectivity index (χ1) is 10.3. The molecule has 1 aliphatic rings. The summed E-state index contributed by atoms with van der Waals surface area (Å²) in [5, 5.41) is 7.40. The quantitative estimate of drug-likeness (QED) is 0.741. The third-order valence-electron chi connectivity index (χ3n) is 3.61.